The summed E-state index contributed by atoms with van der Waals surface area (Å²) in [7, 11) is 0. The van der Waals surface area contributed by atoms with Crippen molar-refractivity contribution in [2.45, 2.75) is 22.9 Å². The number of nitrogens with zero attached hydrogens (tertiary/aromatic N) is 2. The zero-order valence-electron chi connectivity index (χ0n) is 13.9. The van der Waals surface area contributed by atoms with Gasteiger partial charge in [-0.05, 0) is 42.0 Å². The van der Waals surface area contributed by atoms with Crippen LogP contribution in [-0.4, -0.2) is 20.6 Å². The van der Waals surface area contributed by atoms with E-state index in [1.165, 1.54) is 36.0 Å². The van der Waals surface area contributed by atoms with Crippen LogP contribution in [0.25, 0.3) is 0 Å². The van der Waals surface area contributed by atoms with E-state index in [0.29, 0.717) is 6.54 Å². The Hall–Kier alpha value is -2.74. The van der Waals surface area contributed by atoms with E-state index in [1.54, 1.807) is 30.9 Å². The highest BCUT2D eigenvalue weighted by atomic mass is 32.2. The topological polar surface area (TPSA) is 55.1 Å². The highest BCUT2D eigenvalue weighted by molar-refractivity contribution is 7.99. The second-order valence-electron chi connectivity index (χ2n) is 5.82. The third kappa shape index (κ3) is 4.91. The van der Waals surface area contributed by atoms with Crippen molar-refractivity contribution in [2.24, 2.45) is 0 Å². The molecule has 0 fully saturated rings. The first-order chi connectivity index (χ1) is 12.8. The lowest BCUT2D eigenvalue weighted by atomic mass is 10.1. The van der Waals surface area contributed by atoms with Crippen LogP contribution in [0.1, 0.15) is 26.7 Å². The molecule has 0 radical (unpaired) electrons. The van der Waals surface area contributed by atoms with E-state index in [0.717, 1.165) is 22.6 Å². The Labute approximate surface area is 157 Å². The van der Waals surface area contributed by atoms with Crippen LogP contribution in [-0.2, 0) is 12.7 Å². The minimum atomic E-state index is -4.38. The minimum absolute atomic E-state index is 0.169. The predicted octanol–water partition coefficient (Wildman–Crippen LogP) is 5.13. The molecule has 0 aliphatic heterocycles. The number of hydrogen-bond acceptors (Lipinski definition) is 3. The summed E-state index contributed by atoms with van der Waals surface area (Å²) >= 11 is 1.45. The van der Waals surface area contributed by atoms with Gasteiger partial charge in [-0.2, -0.15) is 13.2 Å². The summed E-state index contributed by atoms with van der Waals surface area (Å²) in [6.45, 7) is 0.511. The SMILES string of the molecule is O=C(O)c1ccc(SC(Cn2ccnc2)c2ccc(C(F)(F)F)cc2)cc1. The van der Waals surface area contributed by atoms with Crippen molar-refractivity contribution in [1.29, 1.82) is 0 Å². The number of alkyl halides is 3. The second kappa shape index (κ2) is 7.87. The van der Waals surface area contributed by atoms with Gasteiger partial charge in [0.15, 0.2) is 0 Å². The molecule has 0 bridgehead atoms. The molecule has 1 aromatic heterocycles. The molecule has 1 N–H and O–H groups in total. The first-order valence-electron chi connectivity index (χ1n) is 7.96. The fraction of sp³-hybridized carbons (Fsp3) is 0.158. The summed E-state index contributed by atoms with van der Waals surface area (Å²) in [5.41, 5.74) is 0.229. The third-order valence-corrected chi connectivity index (χ3v) is 5.18. The van der Waals surface area contributed by atoms with E-state index >= 15 is 0 Å². The molecule has 4 nitrogen and oxygen atoms in total. The molecule has 3 aromatic rings. The first kappa shape index (κ1) is 19.0. The molecule has 1 heterocycles. The fourth-order valence-electron chi connectivity index (χ4n) is 2.52. The number of halogens is 3. The maximum absolute atomic E-state index is 12.8. The lowest BCUT2D eigenvalue weighted by Gasteiger charge is -2.19. The zero-order valence-corrected chi connectivity index (χ0v) is 14.7. The molecule has 0 saturated heterocycles. The molecule has 0 aliphatic carbocycles. The number of benzene rings is 2. The summed E-state index contributed by atoms with van der Waals surface area (Å²) in [6.07, 6.45) is 0.685. The highest BCUT2D eigenvalue weighted by Gasteiger charge is 2.30. The third-order valence-electron chi connectivity index (χ3n) is 3.93. The van der Waals surface area contributed by atoms with Crippen LogP contribution in [0.3, 0.4) is 0 Å². The maximum Gasteiger partial charge on any atom is 0.416 e. The van der Waals surface area contributed by atoms with Gasteiger partial charge in [0.1, 0.15) is 0 Å². The number of carboxylic acids is 1. The van der Waals surface area contributed by atoms with Crippen LogP contribution in [0.2, 0.25) is 0 Å². The number of imidazole rings is 1. The lowest BCUT2D eigenvalue weighted by Crippen LogP contribution is -2.07. The number of carboxylic acid groups (broad SMARTS) is 1. The van der Waals surface area contributed by atoms with Gasteiger partial charge in [0.05, 0.1) is 22.7 Å². The summed E-state index contributed by atoms with van der Waals surface area (Å²) in [4.78, 5) is 15.8. The summed E-state index contributed by atoms with van der Waals surface area (Å²) in [5.74, 6) is -1.01. The fourth-order valence-corrected chi connectivity index (χ4v) is 3.69. The Morgan fingerprint density at radius 2 is 1.78 bits per heavy atom. The van der Waals surface area contributed by atoms with Gasteiger partial charge in [-0.25, -0.2) is 9.78 Å². The zero-order chi connectivity index (χ0) is 19.4. The first-order valence-corrected chi connectivity index (χ1v) is 8.84. The van der Waals surface area contributed by atoms with E-state index in [-0.39, 0.29) is 10.8 Å². The van der Waals surface area contributed by atoms with Crippen molar-refractivity contribution in [2.75, 3.05) is 0 Å². The molecule has 0 spiro atoms. The van der Waals surface area contributed by atoms with Crippen molar-refractivity contribution < 1.29 is 23.1 Å². The van der Waals surface area contributed by atoms with Crippen molar-refractivity contribution in [3.8, 4) is 0 Å². The van der Waals surface area contributed by atoms with Gasteiger partial charge in [-0.15, -0.1) is 11.8 Å². The number of rotatable bonds is 6. The standard InChI is InChI=1S/C19H15F3N2O2S/c20-19(21,22)15-5-1-13(2-6-15)17(11-24-10-9-23-12-24)27-16-7-3-14(4-8-16)18(25)26/h1-10,12,17H,11H2,(H,25,26). The maximum atomic E-state index is 12.8. The van der Waals surface area contributed by atoms with Gasteiger partial charge in [0, 0.05) is 23.8 Å². The molecule has 8 heteroatoms. The lowest BCUT2D eigenvalue weighted by molar-refractivity contribution is -0.137. The molecule has 140 valence electrons. The minimum Gasteiger partial charge on any atom is -0.478 e. The monoisotopic (exact) mass is 392 g/mol. The van der Waals surface area contributed by atoms with Gasteiger partial charge < -0.3 is 9.67 Å². The summed E-state index contributed by atoms with van der Waals surface area (Å²) in [6, 6.07) is 11.5. The Balaban J connectivity index is 1.85. The molecule has 0 amide bonds. The Bertz CT molecular complexity index is 892. The molecule has 0 saturated carbocycles. The van der Waals surface area contributed by atoms with Crippen molar-refractivity contribution in [3.05, 3.63) is 83.9 Å². The van der Waals surface area contributed by atoms with Crippen molar-refractivity contribution in [1.82, 2.24) is 9.55 Å². The van der Waals surface area contributed by atoms with E-state index in [2.05, 4.69) is 4.98 Å². The normalized spacial score (nSPS) is 12.7. The van der Waals surface area contributed by atoms with Gasteiger partial charge >= 0.3 is 12.1 Å². The average molecular weight is 392 g/mol. The van der Waals surface area contributed by atoms with Crippen LogP contribution in [0.5, 0.6) is 0 Å². The van der Waals surface area contributed by atoms with Crippen molar-refractivity contribution >= 4 is 17.7 Å². The van der Waals surface area contributed by atoms with Crippen LogP contribution >= 0.6 is 11.8 Å². The Morgan fingerprint density at radius 1 is 1.11 bits per heavy atom. The van der Waals surface area contributed by atoms with Crippen molar-refractivity contribution in [3.63, 3.8) is 0 Å². The Morgan fingerprint density at radius 3 is 2.30 bits per heavy atom. The summed E-state index contributed by atoms with van der Waals surface area (Å²) < 4.78 is 40.3. The molecular formula is C19H15F3N2O2S. The van der Waals surface area contributed by atoms with Gasteiger partial charge in [-0.1, -0.05) is 12.1 Å². The summed E-state index contributed by atoms with van der Waals surface area (Å²) in [5, 5.41) is 8.82. The van der Waals surface area contributed by atoms with Crippen LogP contribution in [0.15, 0.2) is 72.1 Å². The number of hydrogen-bond donors (Lipinski definition) is 1. The number of aromatic nitrogens is 2. The second-order valence-corrected chi connectivity index (χ2v) is 7.09. The molecule has 3 rings (SSSR count). The predicted molar refractivity (Wildman–Crippen MR) is 95.7 cm³/mol. The Kier molecular flexibility index (Phi) is 5.55. The quantitative estimate of drug-likeness (QED) is 0.591. The number of carbonyl (C=O) groups is 1. The molecule has 0 aliphatic rings. The molecular weight excluding hydrogens is 377 g/mol. The largest absolute Gasteiger partial charge is 0.478 e. The van der Waals surface area contributed by atoms with Crippen LogP contribution < -0.4 is 0 Å². The number of aromatic carboxylic acids is 1. The average Bonchev–Trinajstić information content (AvgIpc) is 3.14. The number of thioether (sulfide) groups is 1. The molecule has 1 atom stereocenters. The molecule has 2 aromatic carbocycles. The van der Waals surface area contributed by atoms with E-state index in [4.69, 9.17) is 5.11 Å². The van der Waals surface area contributed by atoms with Crippen LogP contribution in [0.4, 0.5) is 13.2 Å². The smallest absolute Gasteiger partial charge is 0.416 e. The van der Waals surface area contributed by atoms with E-state index in [1.807, 2.05) is 4.57 Å². The molecule has 1 unspecified atom stereocenters. The van der Waals surface area contributed by atoms with Crippen LogP contribution in [0, 0.1) is 0 Å². The van der Waals surface area contributed by atoms with E-state index in [9.17, 15) is 18.0 Å². The van der Waals surface area contributed by atoms with E-state index < -0.39 is 17.7 Å². The highest BCUT2D eigenvalue weighted by Crippen LogP contribution is 2.38. The van der Waals surface area contributed by atoms with Gasteiger partial charge in [-0.3, -0.25) is 0 Å². The van der Waals surface area contributed by atoms with Gasteiger partial charge in [0.2, 0.25) is 0 Å². The molecule has 27 heavy (non-hydrogen) atoms. The van der Waals surface area contributed by atoms with Gasteiger partial charge in [0.25, 0.3) is 0 Å².